The minimum atomic E-state index is 0. The fourth-order valence-electron chi connectivity index (χ4n) is 2.75. The number of nitrogens with one attached hydrogen (secondary N) is 1. The largest absolute Gasteiger partial charge is 0.327 e. The summed E-state index contributed by atoms with van der Waals surface area (Å²) < 4.78 is 1.82. The lowest BCUT2D eigenvalue weighted by Gasteiger charge is -2.28. The van der Waals surface area contributed by atoms with E-state index < -0.39 is 0 Å². The number of rotatable bonds is 4. The number of hydrogen-bond acceptors (Lipinski definition) is 3. The number of amides is 1. The van der Waals surface area contributed by atoms with Crippen molar-refractivity contribution in [3.63, 3.8) is 0 Å². The third-order valence-electron chi connectivity index (χ3n) is 3.84. The van der Waals surface area contributed by atoms with Crippen molar-refractivity contribution in [2.45, 2.75) is 58.0 Å². The quantitative estimate of drug-likeness (QED) is 0.898. The van der Waals surface area contributed by atoms with Crippen LogP contribution in [0.1, 0.15) is 52.0 Å². The molecule has 1 aromatic rings. The average Bonchev–Trinajstić information content (AvgIpc) is 2.80. The first-order chi connectivity index (χ1) is 9.08. The Labute approximate surface area is 126 Å². The summed E-state index contributed by atoms with van der Waals surface area (Å²) in [6.45, 7) is 4.08. The van der Waals surface area contributed by atoms with Crippen molar-refractivity contribution in [1.82, 2.24) is 9.78 Å². The van der Waals surface area contributed by atoms with E-state index in [2.05, 4.69) is 10.4 Å². The summed E-state index contributed by atoms with van der Waals surface area (Å²) in [4.78, 5) is 12.1. The van der Waals surface area contributed by atoms with Crippen molar-refractivity contribution >= 4 is 24.1 Å². The Morgan fingerprint density at radius 2 is 2.20 bits per heavy atom. The Bertz CT molecular complexity index is 433. The van der Waals surface area contributed by atoms with Crippen molar-refractivity contribution < 1.29 is 4.79 Å². The second-order valence-corrected chi connectivity index (χ2v) is 5.72. The van der Waals surface area contributed by atoms with Crippen molar-refractivity contribution in [3.8, 4) is 0 Å². The number of halogens is 1. The molecule has 1 amide bonds. The summed E-state index contributed by atoms with van der Waals surface area (Å²) in [6.07, 6.45) is 6.72. The van der Waals surface area contributed by atoms with Crippen LogP contribution < -0.4 is 11.1 Å². The van der Waals surface area contributed by atoms with E-state index in [4.69, 9.17) is 5.73 Å². The molecule has 2 atom stereocenters. The Morgan fingerprint density at radius 3 is 2.85 bits per heavy atom. The average molecular weight is 301 g/mol. The maximum absolute atomic E-state index is 12.1. The first-order valence-corrected chi connectivity index (χ1v) is 7.17. The molecule has 3 N–H and O–H groups in total. The SMILES string of the molecule is CC(C)n1nccc1NC(=O)CC1CCCCC1N.Cl. The molecule has 1 aromatic heterocycles. The second kappa shape index (κ2) is 7.64. The molecular weight excluding hydrogens is 276 g/mol. The predicted molar refractivity (Wildman–Crippen MR) is 83.0 cm³/mol. The lowest BCUT2D eigenvalue weighted by atomic mass is 9.83. The maximum atomic E-state index is 12.1. The molecular formula is C14H25ClN4O. The number of carbonyl (C=O) groups excluding carboxylic acids is 1. The molecule has 0 aliphatic heterocycles. The van der Waals surface area contributed by atoms with Crippen LogP contribution in [0.25, 0.3) is 0 Å². The van der Waals surface area contributed by atoms with Gasteiger partial charge in [0, 0.05) is 24.6 Å². The smallest absolute Gasteiger partial charge is 0.225 e. The summed E-state index contributed by atoms with van der Waals surface area (Å²) in [5.41, 5.74) is 6.08. The fourth-order valence-corrected chi connectivity index (χ4v) is 2.75. The number of aromatic nitrogens is 2. The van der Waals surface area contributed by atoms with E-state index in [1.807, 2.05) is 24.6 Å². The summed E-state index contributed by atoms with van der Waals surface area (Å²) >= 11 is 0. The Kier molecular flexibility index (Phi) is 6.49. The van der Waals surface area contributed by atoms with Crippen molar-refractivity contribution in [2.24, 2.45) is 11.7 Å². The number of anilines is 1. The van der Waals surface area contributed by atoms with Crippen molar-refractivity contribution in [2.75, 3.05) is 5.32 Å². The first-order valence-electron chi connectivity index (χ1n) is 7.17. The van der Waals surface area contributed by atoms with Gasteiger partial charge in [-0.2, -0.15) is 5.10 Å². The van der Waals surface area contributed by atoms with Crippen LogP contribution in [-0.2, 0) is 4.79 Å². The first kappa shape index (κ1) is 17.0. The van der Waals surface area contributed by atoms with Crippen LogP contribution in [0.3, 0.4) is 0 Å². The van der Waals surface area contributed by atoms with Gasteiger partial charge in [0.1, 0.15) is 5.82 Å². The number of hydrogen-bond donors (Lipinski definition) is 2. The molecule has 0 aromatic carbocycles. The molecule has 114 valence electrons. The number of carbonyl (C=O) groups is 1. The molecule has 2 rings (SSSR count). The van der Waals surface area contributed by atoms with Gasteiger partial charge in [0.15, 0.2) is 0 Å². The molecule has 0 bridgehead atoms. The second-order valence-electron chi connectivity index (χ2n) is 5.72. The highest BCUT2D eigenvalue weighted by molar-refractivity contribution is 5.90. The Balaban J connectivity index is 0.00000200. The van der Waals surface area contributed by atoms with Gasteiger partial charge in [-0.25, -0.2) is 4.68 Å². The zero-order valence-electron chi connectivity index (χ0n) is 12.2. The van der Waals surface area contributed by atoms with Gasteiger partial charge in [0.2, 0.25) is 5.91 Å². The third-order valence-corrected chi connectivity index (χ3v) is 3.84. The van der Waals surface area contributed by atoms with Gasteiger partial charge >= 0.3 is 0 Å². The van der Waals surface area contributed by atoms with Gasteiger partial charge in [-0.3, -0.25) is 4.79 Å². The molecule has 1 aliphatic carbocycles. The molecule has 0 radical (unpaired) electrons. The van der Waals surface area contributed by atoms with E-state index in [0.717, 1.165) is 18.7 Å². The van der Waals surface area contributed by atoms with Crippen LogP contribution in [-0.4, -0.2) is 21.7 Å². The van der Waals surface area contributed by atoms with Crippen LogP contribution in [0.2, 0.25) is 0 Å². The lowest BCUT2D eigenvalue weighted by molar-refractivity contribution is -0.117. The molecule has 0 saturated heterocycles. The predicted octanol–water partition coefficient (Wildman–Crippen LogP) is 2.73. The monoisotopic (exact) mass is 300 g/mol. The van der Waals surface area contributed by atoms with Crippen molar-refractivity contribution in [1.29, 1.82) is 0 Å². The Morgan fingerprint density at radius 1 is 1.50 bits per heavy atom. The fraction of sp³-hybridized carbons (Fsp3) is 0.714. The molecule has 20 heavy (non-hydrogen) atoms. The third kappa shape index (κ3) is 4.21. The van der Waals surface area contributed by atoms with Gasteiger partial charge in [-0.1, -0.05) is 12.8 Å². The lowest BCUT2D eigenvalue weighted by Crippen LogP contribution is -2.35. The highest BCUT2D eigenvalue weighted by Crippen LogP contribution is 2.26. The van der Waals surface area contributed by atoms with E-state index >= 15 is 0 Å². The van der Waals surface area contributed by atoms with E-state index in [-0.39, 0.29) is 30.4 Å². The highest BCUT2D eigenvalue weighted by Gasteiger charge is 2.24. The summed E-state index contributed by atoms with van der Waals surface area (Å²) in [5, 5.41) is 7.15. The van der Waals surface area contributed by atoms with Gasteiger partial charge in [0.05, 0.1) is 6.20 Å². The summed E-state index contributed by atoms with van der Waals surface area (Å²) in [6, 6.07) is 2.25. The van der Waals surface area contributed by atoms with Gasteiger partial charge in [-0.05, 0) is 32.6 Å². The van der Waals surface area contributed by atoms with Crippen LogP contribution in [0.15, 0.2) is 12.3 Å². The van der Waals surface area contributed by atoms with Gasteiger partial charge < -0.3 is 11.1 Å². The minimum Gasteiger partial charge on any atom is -0.327 e. The zero-order valence-corrected chi connectivity index (χ0v) is 13.0. The number of nitrogens with zero attached hydrogens (tertiary/aromatic N) is 2. The molecule has 1 aliphatic rings. The van der Waals surface area contributed by atoms with E-state index in [1.54, 1.807) is 6.20 Å². The van der Waals surface area contributed by atoms with Crippen LogP contribution >= 0.6 is 12.4 Å². The van der Waals surface area contributed by atoms with Crippen LogP contribution in [0.5, 0.6) is 0 Å². The van der Waals surface area contributed by atoms with E-state index in [9.17, 15) is 4.79 Å². The number of nitrogens with two attached hydrogens (primary N) is 1. The van der Waals surface area contributed by atoms with E-state index in [1.165, 1.54) is 12.8 Å². The van der Waals surface area contributed by atoms with Crippen LogP contribution in [0.4, 0.5) is 5.82 Å². The van der Waals surface area contributed by atoms with E-state index in [0.29, 0.717) is 12.3 Å². The summed E-state index contributed by atoms with van der Waals surface area (Å²) in [5.74, 6) is 1.14. The van der Waals surface area contributed by atoms with Gasteiger partial charge in [0.25, 0.3) is 0 Å². The molecule has 1 saturated carbocycles. The zero-order chi connectivity index (χ0) is 13.8. The van der Waals surface area contributed by atoms with Crippen molar-refractivity contribution in [3.05, 3.63) is 12.3 Å². The molecule has 2 unspecified atom stereocenters. The van der Waals surface area contributed by atoms with Crippen LogP contribution in [0, 0.1) is 5.92 Å². The minimum absolute atomic E-state index is 0. The normalized spacial score (nSPS) is 22.4. The molecule has 1 heterocycles. The molecule has 0 spiro atoms. The van der Waals surface area contributed by atoms with Gasteiger partial charge in [-0.15, -0.1) is 12.4 Å². The Hall–Kier alpha value is -1.07. The molecule has 6 heteroatoms. The summed E-state index contributed by atoms with van der Waals surface area (Å²) in [7, 11) is 0. The highest BCUT2D eigenvalue weighted by atomic mass is 35.5. The topological polar surface area (TPSA) is 72.9 Å². The standard InChI is InChI=1S/C14H24N4O.ClH/c1-10(2)18-13(7-8-16-18)17-14(19)9-11-5-3-4-6-12(11)15;/h7-8,10-12H,3-6,9,15H2,1-2H3,(H,17,19);1H. The molecule has 5 nitrogen and oxygen atoms in total. The maximum Gasteiger partial charge on any atom is 0.225 e. The molecule has 1 fully saturated rings.